The molecule has 1 heterocycles. The number of Topliss-reactive ketones (excluding diaryl/α,β-unsaturated/α-hetero) is 1. The van der Waals surface area contributed by atoms with Crippen LogP contribution in [-0.4, -0.2) is 24.9 Å². The van der Waals surface area contributed by atoms with E-state index in [-0.39, 0.29) is 31.2 Å². The van der Waals surface area contributed by atoms with Crippen LogP contribution < -0.4 is 10.5 Å². The van der Waals surface area contributed by atoms with Crippen LogP contribution in [-0.2, 0) is 29.0 Å². The molecule has 0 fully saturated rings. The summed E-state index contributed by atoms with van der Waals surface area (Å²) >= 11 is 0. The Hall–Kier alpha value is -2.44. The molecule has 2 aromatic carbocycles. The van der Waals surface area contributed by atoms with E-state index in [0.29, 0.717) is 29.7 Å². The van der Waals surface area contributed by atoms with E-state index in [1.54, 1.807) is 12.1 Å². The van der Waals surface area contributed by atoms with Gasteiger partial charge in [-0.15, -0.1) is 12.4 Å². The third-order valence-electron chi connectivity index (χ3n) is 5.02. The summed E-state index contributed by atoms with van der Waals surface area (Å²) < 4.78 is 25.0. The molecule has 1 aliphatic carbocycles. The second-order valence-corrected chi connectivity index (χ2v) is 6.65. The predicted octanol–water partition coefficient (Wildman–Crippen LogP) is 2.98. The summed E-state index contributed by atoms with van der Waals surface area (Å²) in [7, 11) is 1.25. The van der Waals surface area contributed by atoms with Crippen LogP contribution in [0.1, 0.15) is 33.5 Å². The van der Waals surface area contributed by atoms with Gasteiger partial charge in [0.05, 0.1) is 7.11 Å². The quantitative estimate of drug-likeness (QED) is 0.814. The van der Waals surface area contributed by atoms with Crippen LogP contribution in [0.15, 0.2) is 24.3 Å². The summed E-state index contributed by atoms with van der Waals surface area (Å²) in [5, 5.41) is 0. The molecule has 0 spiro atoms. The highest BCUT2D eigenvalue weighted by molar-refractivity contribution is 6.02. The van der Waals surface area contributed by atoms with Crippen molar-refractivity contribution < 1.29 is 23.5 Å². The van der Waals surface area contributed by atoms with Gasteiger partial charge in [0.15, 0.2) is 5.78 Å². The molecule has 0 bridgehead atoms. The van der Waals surface area contributed by atoms with Crippen molar-refractivity contribution >= 4 is 24.2 Å². The highest BCUT2D eigenvalue weighted by Gasteiger charge is 2.27. The van der Waals surface area contributed by atoms with Gasteiger partial charge >= 0.3 is 5.97 Å². The van der Waals surface area contributed by atoms with E-state index in [4.69, 9.17) is 10.5 Å². The summed E-state index contributed by atoms with van der Waals surface area (Å²) in [6.45, 7) is 0.274. The number of carbonyl (C=O) groups is 2. The number of ether oxygens (including phenoxy) is 2. The first-order chi connectivity index (χ1) is 12.5. The number of hydrogen-bond acceptors (Lipinski definition) is 5. The van der Waals surface area contributed by atoms with Gasteiger partial charge < -0.3 is 15.2 Å². The minimum Gasteiger partial charge on any atom is -0.488 e. The first-order valence-electron chi connectivity index (χ1n) is 8.46. The molecule has 4 rings (SSSR count). The van der Waals surface area contributed by atoms with Gasteiger partial charge in [-0.3, -0.25) is 9.59 Å². The topological polar surface area (TPSA) is 78.6 Å². The number of fused-ring (bicyclic) bond motifs is 4. The van der Waals surface area contributed by atoms with Crippen molar-refractivity contribution in [2.24, 2.45) is 5.73 Å². The molecule has 0 amide bonds. The number of rotatable bonds is 3. The fourth-order valence-corrected chi connectivity index (χ4v) is 3.63. The van der Waals surface area contributed by atoms with Gasteiger partial charge in [0.1, 0.15) is 24.2 Å². The predicted molar refractivity (Wildman–Crippen MR) is 99.8 cm³/mol. The van der Waals surface area contributed by atoms with Crippen molar-refractivity contribution in [3.63, 3.8) is 0 Å². The fraction of sp³-hybridized carbons (Fsp3) is 0.300. The lowest BCUT2D eigenvalue weighted by molar-refractivity contribution is -0.142. The maximum absolute atomic E-state index is 14.6. The summed E-state index contributed by atoms with van der Waals surface area (Å²) in [5.74, 6) is -0.281. The van der Waals surface area contributed by atoms with Crippen LogP contribution in [0, 0.1) is 5.82 Å². The standard InChI is InChI=1S/C20H18FNO4.ClH/c1-25-20(24)17(22)6-11-4-12-9-26-19-8-14-10(2-3-18(14)23)5-15(19)13(12)7-16(11)21;/h4-5,7-8,17H,2-3,6,9,22H2,1H3;1H/t17-;/m0./s1. The summed E-state index contributed by atoms with van der Waals surface area (Å²) in [4.78, 5) is 23.4. The molecule has 2 aliphatic rings. The van der Waals surface area contributed by atoms with E-state index in [1.807, 2.05) is 6.07 Å². The lowest BCUT2D eigenvalue weighted by atomic mass is 9.91. The minimum atomic E-state index is -0.918. The van der Waals surface area contributed by atoms with E-state index in [9.17, 15) is 14.0 Å². The number of aryl methyl sites for hydroxylation is 1. The lowest BCUT2D eigenvalue weighted by Gasteiger charge is -2.23. The molecule has 7 heteroatoms. The Balaban J connectivity index is 0.00000210. The molecule has 5 nitrogen and oxygen atoms in total. The molecule has 27 heavy (non-hydrogen) atoms. The number of esters is 1. The number of methoxy groups -OCH3 is 1. The van der Waals surface area contributed by atoms with Crippen molar-refractivity contribution in [2.75, 3.05) is 7.11 Å². The molecule has 142 valence electrons. The Morgan fingerprint density at radius 2 is 1.96 bits per heavy atom. The highest BCUT2D eigenvalue weighted by Crippen LogP contribution is 2.42. The monoisotopic (exact) mass is 391 g/mol. The molecule has 0 aromatic heterocycles. The van der Waals surface area contributed by atoms with Gasteiger partial charge in [0, 0.05) is 24.0 Å². The second kappa shape index (κ2) is 7.29. The Labute approximate surface area is 162 Å². The summed E-state index contributed by atoms with van der Waals surface area (Å²) in [6, 6.07) is 5.92. The Morgan fingerprint density at radius 3 is 2.70 bits per heavy atom. The SMILES string of the molecule is COC(=O)[C@@H](N)Cc1cc2c(cc1F)-c1cc3c(cc1OC2)C(=O)CC3.Cl. The van der Waals surface area contributed by atoms with Crippen LogP contribution in [0.4, 0.5) is 4.39 Å². The van der Waals surface area contributed by atoms with Gasteiger partial charge in [-0.1, -0.05) is 0 Å². The zero-order valence-electron chi connectivity index (χ0n) is 14.7. The largest absolute Gasteiger partial charge is 0.488 e. The van der Waals surface area contributed by atoms with Crippen LogP contribution in [0.5, 0.6) is 5.75 Å². The van der Waals surface area contributed by atoms with Gasteiger partial charge in [0.2, 0.25) is 0 Å². The number of benzene rings is 2. The molecule has 1 aliphatic heterocycles. The van der Waals surface area contributed by atoms with E-state index >= 15 is 0 Å². The van der Waals surface area contributed by atoms with Crippen LogP contribution in [0.3, 0.4) is 0 Å². The van der Waals surface area contributed by atoms with Crippen molar-refractivity contribution in [1.29, 1.82) is 0 Å². The van der Waals surface area contributed by atoms with Crippen molar-refractivity contribution in [3.05, 3.63) is 52.3 Å². The zero-order chi connectivity index (χ0) is 18.4. The molecule has 0 saturated carbocycles. The van der Waals surface area contributed by atoms with Gasteiger partial charge in [-0.25, -0.2) is 4.39 Å². The lowest BCUT2D eigenvalue weighted by Crippen LogP contribution is -2.34. The van der Waals surface area contributed by atoms with Crippen LogP contribution in [0.2, 0.25) is 0 Å². The number of nitrogens with two attached hydrogens (primary N) is 1. The molecule has 2 aromatic rings. The zero-order valence-corrected chi connectivity index (χ0v) is 15.5. The third-order valence-corrected chi connectivity index (χ3v) is 5.02. The van der Waals surface area contributed by atoms with Gasteiger partial charge in [-0.2, -0.15) is 0 Å². The third kappa shape index (κ3) is 3.31. The molecule has 1 atom stereocenters. The average molecular weight is 392 g/mol. The van der Waals surface area contributed by atoms with Crippen LogP contribution >= 0.6 is 12.4 Å². The number of carbonyl (C=O) groups excluding carboxylic acids is 2. The Bertz CT molecular complexity index is 944. The average Bonchev–Trinajstić information content (AvgIpc) is 3.00. The minimum absolute atomic E-state index is 0. The normalized spacial score (nSPS) is 15.0. The maximum Gasteiger partial charge on any atom is 0.322 e. The Kier molecular flexibility index (Phi) is 5.22. The fourth-order valence-electron chi connectivity index (χ4n) is 3.63. The van der Waals surface area contributed by atoms with E-state index in [0.717, 1.165) is 22.3 Å². The first kappa shape index (κ1) is 19.3. The Morgan fingerprint density at radius 1 is 1.19 bits per heavy atom. The van der Waals surface area contributed by atoms with E-state index < -0.39 is 17.8 Å². The molecule has 0 radical (unpaired) electrons. The number of ketones is 1. The summed E-state index contributed by atoms with van der Waals surface area (Å²) in [6.07, 6.45) is 1.26. The van der Waals surface area contributed by atoms with E-state index in [1.165, 1.54) is 13.2 Å². The van der Waals surface area contributed by atoms with Crippen molar-refractivity contribution in [2.45, 2.75) is 31.9 Å². The molecule has 0 unspecified atom stereocenters. The smallest absolute Gasteiger partial charge is 0.322 e. The molecule has 0 saturated heterocycles. The second-order valence-electron chi connectivity index (χ2n) is 6.65. The maximum atomic E-state index is 14.6. The van der Waals surface area contributed by atoms with Crippen molar-refractivity contribution in [3.8, 4) is 16.9 Å². The van der Waals surface area contributed by atoms with Gasteiger partial charge in [0.25, 0.3) is 0 Å². The van der Waals surface area contributed by atoms with Gasteiger partial charge in [-0.05, 0) is 52.9 Å². The first-order valence-corrected chi connectivity index (χ1v) is 8.46. The van der Waals surface area contributed by atoms with E-state index in [2.05, 4.69) is 4.74 Å². The number of hydrogen-bond donors (Lipinski definition) is 1. The number of halogens is 2. The molecular formula is C20H19ClFNO4. The van der Waals surface area contributed by atoms with Crippen LogP contribution in [0.25, 0.3) is 11.1 Å². The summed E-state index contributed by atoms with van der Waals surface area (Å²) in [5.41, 5.74) is 10.2. The van der Waals surface area contributed by atoms with Crippen molar-refractivity contribution in [1.82, 2.24) is 0 Å². The highest BCUT2D eigenvalue weighted by atomic mass is 35.5. The molecule has 2 N–H and O–H groups in total. The molecular weight excluding hydrogens is 373 g/mol.